The molecule has 0 unspecified atom stereocenters. The Morgan fingerprint density at radius 3 is 1.88 bits per heavy atom. The summed E-state index contributed by atoms with van der Waals surface area (Å²) in [5.41, 5.74) is 4.73. The molecule has 0 spiro atoms. The molecule has 0 saturated heterocycles. The normalized spacial score (nSPS) is 13.0. The molecule has 1 atom stereocenters. The Balaban J connectivity index is 3.14. The zero-order chi connectivity index (χ0) is 31.3. The van der Waals surface area contributed by atoms with Crippen LogP contribution >= 0.6 is 0 Å². The van der Waals surface area contributed by atoms with Gasteiger partial charge in [0.15, 0.2) is 11.5 Å². The van der Waals surface area contributed by atoms with Gasteiger partial charge < -0.3 is 34.2 Å². The van der Waals surface area contributed by atoms with Crippen molar-refractivity contribution in [2.45, 2.75) is 92.5 Å². The fourth-order valence-electron chi connectivity index (χ4n) is 3.38. The molecule has 11 nitrogen and oxygen atoms in total. The summed E-state index contributed by atoms with van der Waals surface area (Å²) in [6.45, 7) is 13.5. The van der Waals surface area contributed by atoms with E-state index in [-0.39, 0.29) is 67.4 Å². The summed E-state index contributed by atoms with van der Waals surface area (Å²) in [4.78, 5) is 49.4. The highest BCUT2D eigenvalue weighted by Crippen LogP contribution is 2.32. The van der Waals surface area contributed by atoms with E-state index < -0.39 is 23.8 Å². The van der Waals surface area contributed by atoms with Crippen LogP contribution in [0.2, 0.25) is 0 Å². The summed E-state index contributed by atoms with van der Waals surface area (Å²) >= 11 is 0. The number of benzene rings is 1. The smallest absolute Gasteiger partial charge is 0.468 e. The second-order valence-electron chi connectivity index (χ2n) is 12.4. The number of hydrogen-bond donors (Lipinski definition) is 1. The molecule has 0 aliphatic rings. The third-order valence-corrected chi connectivity index (χ3v) is 5.55. The Morgan fingerprint density at radius 1 is 0.805 bits per heavy atom. The zero-order valence-corrected chi connectivity index (χ0v) is 25.8. The fraction of sp³-hybridized carbons (Fsp3) is 0.667. The average Bonchev–Trinajstić information content (AvgIpc) is 2.86. The molecule has 0 radical (unpaired) electrons. The fourth-order valence-corrected chi connectivity index (χ4v) is 3.38. The average molecular weight is 582 g/mol. The van der Waals surface area contributed by atoms with Crippen LogP contribution in [-0.4, -0.2) is 56.7 Å². The maximum absolute atomic E-state index is 12.7. The lowest BCUT2D eigenvalue weighted by molar-refractivity contribution is -0.151. The summed E-state index contributed by atoms with van der Waals surface area (Å²) in [5.74, 6) is -1.31. The number of hydrogen-bond acceptors (Lipinski definition) is 11. The number of nitrogens with two attached hydrogens (primary N) is 1. The van der Waals surface area contributed by atoms with Gasteiger partial charge in [0.1, 0.15) is 5.54 Å². The molecule has 1 rings (SSSR count). The van der Waals surface area contributed by atoms with E-state index in [1.165, 1.54) is 19.2 Å². The van der Waals surface area contributed by atoms with E-state index in [0.717, 1.165) is 19.3 Å². The Morgan fingerprint density at radius 2 is 1.37 bits per heavy atom. The van der Waals surface area contributed by atoms with E-state index in [9.17, 15) is 19.2 Å². The Hall–Kier alpha value is -3.34. The van der Waals surface area contributed by atoms with E-state index in [1.54, 1.807) is 6.07 Å². The first-order chi connectivity index (χ1) is 19.0. The van der Waals surface area contributed by atoms with E-state index in [1.807, 2.05) is 48.5 Å². The van der Waals surface area contributed by atoms with Crippen molar-refractivity contribution in [3.8, 4) is 11.5 Å². The van der Waals surface area contributed by atoms with Crippen LogP contribution in [0.15, 0.2) is 18.2 Å². The number of ether oxygens (including phenoxy) is 6. The van der Waals surface area contributed by atoms with Crippen LogP contribution < -0.4 is 15.2 Å². The summed E-state index contributed by atoms with van der Waals surface area (Å²) in [6.07, 6.45) is 0.837. The van der Waals surface area contributed by atoms with Crippen molar-refractivity contribution in [1.82, 2.24) is 0 Å². The van der Waals surface area contributed by atoms with Crippen molar-refractivity contribution in [3.63, 3.8) is 0 Å². The summed E-state index contributed by atoms with van der Waals surface area (Å²) in [7, 11) is 1.21. The SMILES string of the molecule is CCCCCC(=O)OCC[C@@](N)(Cc1ccc(OC(=O)OCC(C)(C)C)c(OC(=O)OCC(C)(C)C)c1)C(=O)OC. The molecule has 232 valence electrons. The van der Waals surface area contributed by atoms with E-state index >= 15 is 0 Å². The van der Waals surface area contributed by atoms with E-state index in [4.69, 9.17) is 34.2 Å². The second kappa shape index (κ2) is 16.2. The molecule has 1 aromatic carbocycles. The van der Waals surface area contributed by atoms with Gasteiger partial charge in [0, 0.05) is 19.3 Å². The van der Waals surface area contributed by atoms with Crippen LogP contribution in [0, 0.1) is 10.8 Å². The molecule has 0 aromatic heterocycles. The molecule has 41 heavy (non-hydrogen) atoms. The number of rotatable bonds is 14. The number of methoxy groups -OCH3 is 1. The van der Waals surface area contributed by atoms with Crippen molar-refractivity contribution >= 4 is 24.2 Å². The molecule has 11 heteroatoms. The van der Waals surface area contributed by atoms with Gasteiger partial charge in [0.05, 0.1) is 26.9 Å². The van der Waals surface area contributed by atoms with Crippen molar-refractivity contribution in [2.75, 3.05) is 26.9 Å². The van der Waals surface area contributed by atoms with Gasteiger partial charge in [0.2, 0.25) is 0 Å². The quantitative estimate of drug-likeness (QED) is 0.124. The lowest BCUT2D eigenvalue weighted by Crippen LogP contribution is -2.51. The predicted octanol–water partition coefficient (Wildman–Crippen LogP) is 5.74. The first-order valence-corrected chi connectivity index (χ1v) is 13.8. The Kier molecular flexibility index (Phi) is 14.1. The molecule has 0 amide bonds. The maximum atomic E-state index is 12.7. The molecule has 0 fully saturated rings. The van der Waals surface area contributed by atoms with Crippen LogP contribution in [0.1, 0.15) is 86.1 Å². The molecular formula is C30H47NO10. The first-order valence-electron chi connectivity index (χ1n) is 13.8. The van der Waals surface area contributed by atoms with Crippen LogP contribution in [0.5, 0.6) is 11.5 Å². The third kappa shape index (κ3) is 14.7. The van der Waals surface area contributed by atoms with Gasteiger partial charge in [-0.3, -0.25) is 9.59 Å². The van der Waals surface area contributed by atoms with Crippen LogP contribution in [-0.2, 0) is 35.0 Å². The molecule has 0 heterocycles. The van der Waals surface area contributed by atoms with Gasteiger partial charge in [-0.1, -0.05) is 67.4 Å². The lowest BCUT2D eigenvalue weighted by Gasteiger charge is -2.27. The Labute approximate surface area is 243 Å². The number of carbonyl (C=O) groups is 4. The molecule has 1 aromatic rings. The molecule has 0 saturated carbocycles. The second-order valence-corrected chi connectivity index (χ2v) is 12.4. The highest BCUT2D eigenvalue weighted by atomic mass is 16.7. The van der Waals surface area contributed by atoms with E-state index in [0.29, 0.717) is 5.56 Å². The topological polar surface area (TPSA) is 150 Å². The number of unbranched alkanes of at least 4 members (excludes halogenated alkanes) is 2. The largest absolute Gasteiger partial charge is 0.513 e. The van der Waals surface area contributed by atoms with Crippen LogP contribution in [0.25, 0.3) is 0 Å². The molecular weight excluding hydrogens is 534 g/mol. The molecule has 0 aliphatic carbocycles. The van der Waals surface area contributed by atoms with Crippen LogP contribution in [0.4, 0.5) is 9.59 Å². The number of carbonyl (C=O) groups excluding carboxylic acids is 4. The highest BCUT2D eigenvalue weighted by molar-refractivity contribution is 5.81. The molecule has 0 aliphatic heterocycles. The van der Waals surface area contributed by atoms with Gasteiger partial charge in [0.25, 0.3) is 0 Å². The monoisotopic (exact) mass is 581 g/mol. The van der Waals surface area contributed by atoms with Crippen LogP contribution in [0.3, 0.4) is 0 Å². The molecule has 2 N–H and O–H groups in total. The van der Waals surface area contributed by atoms with Gasteiger partial charge in [-0.15, -0.1) is 0 Å². The van der Waals surface area contributed by atoms with Crippen molar-refractivity contribution in [3.05, 3.63) is 23.8 Å². The molecule has 0 bridgehead atoms. The minimum atomic E-state index is -1.56. The maximum Gasteiger partial charge on any atom is 0.513 e. The highest BCUT2D eigenvalue weighted by Gasteiger charge is 2.36. The number of esters is 2. The van der Waals surface area contributed by atoms with Crippen molar-refractivity contribution in [1.29, 1.82) is 0 Å². The van der Waals surface area contributed by atoms with Crippen molar-refractivity contribution in [2.24, 2.45) is 16.6 Å². The van der Waals surface area contributed by atoms with Gasteiger partial charge >= 0.3 is 24.2 Å². The Bertz CT molecular complexity index is 1030. The van der Waals surface area contributed by atoms with Gasteiger partial charge in [-0.05, 0) is 34.9 Å². The van der Waals surface area contributed by atoms with Gasteiger partial charge in [-0.2, -0.15) is 0 Å². The predicted molar refractivity (Wildman–Crippen MR) is 152 cm³/mol. The third-order valence-electron chi connectivity index (χ3n) is 5.55. The minimum absolute atomic E-state index is 0.0135. The van der Waals surface area contributed by atoms with Crippen molar-refractivity contribution < 1.29 is 47.6 Å². The zero-order valence-electron chi connectivity index (χ0n) is 25.8. The summed E-state index contributed by atoms with van der Waals surface area (Å²) < 4.78 is 31.2. The lowest BCUT2D eigenvalue weighted by atomic mass is 9.88. The van der Waals surface area contributed by atoms with Gasteiger partial charge in [-0.25, -0.2) is 9.59 Å². The first kappa shape index (κ1) is 35.7. The standard InChI is InChI=1S/C30H47NO10/c1-9-10-11-12-24(32)37-16-15-30(31,25(33)36-8)18-21-13-14-22(40-26(34)38-19-28(2,3)4)23(17-21)41-27(35)39-20-29(5,6)7/h13-14,17H,9-12,15-16,18-20,31H2,1-8H3/t30-/m1/s1. The summed E-state index contributed by atoms with van der Waals surface area (Å²) in [5, 5.41) is 0. The van der Waals surface area contributed by atoms with E-state index in [2.05, 4.69) is 0 Å². The minimum Gasteiger partial charge on any atom is -0.468 e. The summed E-state index contributed by atoms with van der Waals surface area (Å²) in [6, 6.07) is 4.36.